The molecule has 1 heterocycles. The molecule has 0 aromatic heterocycles. The number of hydrazine groups is 1. The molecule has 1 aliphatic rings. The first-order valence-corrected chi connectivity index (χ1v) is 3.90. The lowest BCUT2D eigenvalue weighted by molar-refractivity contribution is 0.0920. The van der Waals surface area contributed by atoms with Gasteiger partial charge in [0.05, 0.1) is 0 Å². The van der Waals surface area contributed by atoms with Crippen LogP contribution in [0, 0.1) is 6.92 Å². The molecule has 0 unspecified atom stereocenters. The van der Waals surface area contributed by atoms with Gasteiger partial charge in [0, 0.05) is 12.1 Å². The Labute approximate surface area is 70.8 Å². The van der Waals surface area contributed by atoms with Crippen LogP contribution in [0.4, 0.5) is 0 Å². The molecule has 3 nitrogen and oxygen atoms in total. The topological polar surface area (TPSA) is 41.1 Å². The van der Waals surface area contributed by atoms with E-state index in [9.17, 15) is 4.79 Å². The summed E-state index contributed by atoms with van der Waals surface area (Å²) in [5.41, 5.74) is 8.35. The van der Waals surface area contributed by atoms with E-state index >= 15 is 0 Å². The Bertz CT molecular complexity index is 333. The fraction of sp³-hybridized carbons (Fsp3) is 0.222. The highest BCUT2D eigenvalue weighted by molar-refractivity contribution is 5.96. The van der Waals surface area contributed by atoms with Crippen LogP contribution in [0.15, 0.2) is 18.2 Å². The van der Waals surface area contributed by atoms with Crippen LogP contribution in [0.2, 0.25) is 0 Å². The number of rotatable bonds is 0. The summed E-state index contributed by atoms with van der Waals surface area (Å²) < 4.78 is 0. The number of nitrogens with one attached hydrogen (secondary N) is 2. The van der Waals surface area contributed by atoms with Gasteiger partial charge in [0.2, 0.25) is 0 Å². The lowest BCUT2D eigenvalue weighted by Crippen LogP contribution is -2.41. The van der Waals surface area contributed by atoms with Crippen molar-refractivity contribution in [3.63, 3.8) is 0 Å². The first kappa shape index (κ1) is 7.31. The Morgan fingerprint density at radius 3 is 3.08 bits per heavy atom. The molecule has 1 aromatic carbocycles. The van der Waals surface area contributed by atoms with Gasteiger partial charge in [-0.3, -0.25) is 10.2 Å². The fourth-order valence-electron chi connectivity index (χ4n) is 1.34. The molecule has 0 aliphatic carbocycles. The van der Waals surface area contributed by atoms with E-state index in [4.69, 9.17) is 0 Å². The maximum absolute atomic E-state index is 11.3. The largest absolute Gasteiger partial charge is 0.287 e. The number of benzene rings is 1. The van der Waals surface area contributed by atoms with E-state index in [1.807, 2.05) is 25.1 Å². The summed E-state index contributed by atoms with van der Waals surface area (Å²) in [5, 5.41) is 0. The van der Waals surface area contributed by atoms with Crippen LogP contribution in [0.5, 0.6) is 0 Å². The highest BCUT2D eigenvalue weighted by Crippen LogP contribution is 2.13. The molecule has 2 N–H and O–H groups in total. The van der Waals surface area contributed by atoms with Gasteiger partial charge in [-0.15, -0.1) is 0 Å². The molecule has 0 spiro atoms. The van der Waals surface area contributed by atoms with Gasteiger partial charge in [-0.25, -0.2) is 5.43 Å². The number of carbonyl (C=O) groups is 1. The fourth-order valence-corrected chi connectivity index (χ4v) is 1.34. The normalized spacial score (nSPS) is 15.2. The van der Waals surface area contributed by atoms with E-state index in [0.717, 1.165) is 16.7 Å². The maximum atomic E-state index is 11.3. The second kappa shape index (κ2) is 2.60. The standard InChI is InChI=1S/C9H10N2O/c1-6-2-3-7-5-10-11-9(12)8(7)4-6/h2-4,10H,5H2,1H3,(H,11,12). The summed E-state index contributed by atoms with van der Waals surface area (Å²) in [5.74, 6) is -0.0417. The Morgan fingerprint density at radius 2 is 2.25 bits per heavy atom. The first-order chi connectivity index (χ1) is 5.77. The van der Waals surface area contributed by atoms with Crippen LogP contribution in [0.1, 0.15) is 21.5 Å². The lowest BCUT2D eigenvalue weighted by atomic mass is 10.0. The second-order valence-corrected chi connectivity index (χ2v) is 2.97. The predicted octanol–water partition coefficient (Wildman–Crippen LogP) is 0.743. The molecular formula is C9H10N2O. The van der Waals surface area contributed by atoms with Crippen molar-refractivity contribution in [2.75, 3.05) is 0 Å². The minimum Gasteiger partial charge on any atom is -0.287 e. The average Bonchev–Trinajstić information content (AvgIpc) is 2.07. The van der Waals surface area contributed by atoms with Gasteiger partial charge in [0.15, 0.2) is 0 Å². The van der Waals surface area contributed by atoms with E-state index in [-0.39, 0.29) is 5.91 Å². The predicted molar refractivity (Wildman–Crippen MR) is 45.5 cm³/mol. The van der Waals surface area contributed by atoms with Crippen LogP contribution in [-0.4, -0.2) is 5.91 Å². The van der Waals surface area contributed by atoms with Crippen molar-refractivity contribution in [1.29, 1.82) is 0 Å². The van der Waals surface area contributed by atoms with Crippen molar-refractivity contribution in [3.05, 3.63) is 34.9 Å². The van der Waals surface area contributed by atoms with Gasteiger partial charge in [-0.05, 0) is 18.6 Å². The lowest BCUT2D eigenvalue weighted by Gasteiger charge is -2.17. The van der Waals surface area contributed by atoms with E-state index in [2.05, 4.69) is 10.9 Å². The molecule has 1 aromatic rings. The van der Waals surface area contributed by atoms with Gasteiger partial charge in [-0.1, -0.05) is 17.7 Å². The van der Waals surface area contributed by atoms with Crippen molar-refractivity contribution in [1.82, 2.24) is 10.9 Å². The molecule has 0 saturated carbocycles. The third-order valence-electron chi connectivity index (χ3n) is 1.99. The first-order valence-electron chi connectivity index (χ1n) is 3.90. The van der Waals surface area contributed by atoms with Gasteiger partial charge in [0.25, 0.3) is 5.91 Å². The number of hydrogen-bond acceptors (Lipinski definition) is 2. The number of carbonyl (C=O) groups excluding carboxylic acids is 1. The molecule has 1 aliphatic heterocycles. The highest BCUT2D eigenvalue weighted by Gasteiger charge is 2.15. The molecule has 1 amide bonds. The van der Waals surface area contributed by atoms with E-state index < -0.39 is 0 Å². The van der Waals surface area contributed by atoms with Crippen LogP contribution in [0.3, 0.4) is 0 Å². The average molecular weight is 162 g/mol. The maximum Gasteiger partial charge on any atom is 0.265 e. The highest BCUT2D eigenvalue weighted by atomic mass is 16.2. The minimum absolute atomic E-state index is 0.0417. The summed E-state index contributed by atoms with van der Waals surface area (Å²) in [7, 11) is 0. The van der Waals surface area contributed by atoms with Gasteiger partial charge >= 0.3 is 0 Å². The molecule has 3 heteroatoms. The smallest absolute Gasteiger partial charge is 0.265 e. The van der Waals surface area contributed by atoms with Crippen LogP contribution < -0.4 is 10.9 Å². The number of amides is 1. The van der Waals surface area contributed by atoms with Crippen molar-refractivity contribution in [2.45, 2.75) is 13.5 Å². The van der Waals surface area contributed by atoms with Crippen molar-refractivity contribution in [2.24, 2.45) is 0 Å². The zero-order valence-electron chi connectivity index (χ0n) is 6.85. The SMILES string of the molecule is Cc1ccc2c(c1)C(=O)NNC2. The summed E-state index contributed by atoms with van der Waals surface area (Å²) in [6.45, 7) is 2.69. The summed E-state index contributed by atoms with van der Waals surface area (Å²) in [6.07, 6.45) is 0. The summed E-state index contributed by atoms with van der Waals surface area (Å²) in [6, 6.07) is 5.90. The van der Waals surface area contributed by atoms with E-state index in [1.165, 1.54) is 0 Å². The molecule has 12 heavy (non-hydrogen) atoms. The van der Waals surface area contributed by atoms with E-state index in [1.54, 1.807) is 0 Å². The number of fused-ring (bicyclic) bond motifs is 1. The molecule has 0 bridgehead atoms. The van der Waals surface area contributed by atoms with Crippen LogP contribution in [0.25, 0.3) is 0 Å². The summed E-state index contributed by atoms with van der Waals surface area (Å²) in [4.78, 5) is 11.3. The van der Waals surface area contributed by atoms with Crippen molar-refractivity contribution >= 4 is 5.91 Å². The van der Waals surface area contributed by atoms with Gasteiger partial charge < -0.3 is 0 Å². The third kappa shape index (κ3) is 1.08. The Kier molecular flexibility index (Phi) is 1.59. The molecule has 0 fully saturated rings. The number of aryl methyl sites for hydroxylation is 1. The van der Waals surface area contributed by atoms with Crippen LogP contribution >= 0.6 is 0 Å². The Balaban J connectivity index is 2.54. The zero-order valence-corrected chi connectivity index (χ0v) is 6.85. The molecular weight excluding hydrogens is 152 g/mol. The summed E-state index contributed by atoms with van der Waals surface area (Å²) >= 11 is 0. The monoisotopic (exact) mass is 162 g/mol. The van der Waals surface area contributed by atoms with Crippen LogP contribution in [-0.2, 0) is 6.54 Å². The molecule has 0 atom stereocenters. The van der Waals surface area contributed by atoms with Crippen molar-refractivity contribution in [3.8, 4) is 0 Å². The second-order valence-electron chi connectivity index (χ2n) is 2.97. The van der Waals surface area contributed by atoms with E-state index in [0.29, 0.717) is 6.54 Å². The molecule has 2 rings (SSSR count). The Hall–Kier alpha value is -1.35. The van der Waals surface area contributed by atoms with Gasteiger partial charge in [0.1, 0.15) is 0 Å². The number of hydrogen-bond donors (Lipinski definition) is 2. The quantitative estimate of drug-likeness (QED) is 0.591. The minimum atomic E-state index is -0.0417. The van der Waals surface area contributed by atoms with Gasteiger partial charge in [-0.2, -0.15) is 0 Å². The molecule has 62 valence electrons. The van der Waals surface area contributed by atoms with Crippen molar-refractivity contribution < 1.29 is 4.79 Å². The third-order valence-corrected chi connectivity index (χ3v) is 1.99. The molecule has 0 radical (unpaired) electrons. The zero-order chi connectivity index (χ0) is 8.55. The molecule has 0 saturated heterocycles. The Morgan fingerprint density at radius 1 is 1.42 bits per heavy atom.